The van der Waals surface area contributed by atoms with Crippen molar-refractivity contribution in [2.45, 2.75) is 18.9 Å². The van der Waals surface area contributed by atoms with E-state index in [4.69, 9.17) is 14.2 Å². The summed E-state index contributed by atoms with van der Waals surface area (Å²) in [5, 5.41) is 2.76. The molecule has 1 aromatic carbocycles. The first kappa shape index (κ1) is 15.9. The van der Waals surface area contributed by atoms with Crippen molar-refractivity contribution in [3.8, 4) is 11.5 Å². The smallest absolute Gasteiger partial charge is 0.328 e. The van der Waals surface area contributed by atoms with E-state index in [1.165, 1.54) is 19.1 Å². The van der Waals surface area contributed by atoms with Crippen LogP contribution in [-0.4, -0.2) is 50.8 Å². The largest absolute Gasteiger partial charge is 0.493 e. The molecule has 0 aliphatic carbocycles. The Morgan fingerprint density at radius 3 is 2.55 bits per heavy atom. The van der Waals surface area contributed by atoms with E-state index < -0.39 is 6.04 Å². The Morgan fingerprint density at radius 1 is 1.18 bits per heavy atom. The van der Waals surface area contributed by atoms with Gasteiger partial charge in [-0.1, -0.05) is 0 Å². The number of anilines is 1. The van der Waals surface area contributed by atoms with Crippen LogP contribution in [0.1, 0.15) is 12.8 Å². The molecule has 7 nitrogen and oxygen atoms in total. The van der Waals surface area contributed by atoms with Crippen molar-refractivity contribution in [2.24, 2.45) is 0 Å². The zero-order valence-corrected chi connectivity index (χ0v) is 12.9. The summed E-state index contributed by atoms with van der Waals surface area (Å²) in [6.07, 6.45) is 1.39. The summed E-state index contributed by atoms with van der Waals surface area (Å²) in [7, 11) is 4.39. The van der Waals surface area contributed by atoms with E-state index in [0.717, 1.165) is 6.42 Å². The van der Waals surface area contributed by atoms with Crippen LogP contribution in [0.3, 0.4) is 0 Å². The molecule has 0 saturated carbocycles. The second-order valence-electron chi connectivity index (χ2n) is 4.87. The highest BCUT2D eigenvalue weighted by atomic mass is 16.5. The van der Waals surface area contributed by atoms with Crippen molar-refractivity contribution in [1.29, 1.82) is 0 Å². The Bertz CT molecular complexity index is 561. The molecule has 1 unspecified atom stereocenters. The van der Waals surface area contributed by atoms with Crippen LogP contribution in [0.25, 0.3) is 0 Å². The summed E-state index contributed by atoms with van der Waals surface area (Å²) in [6.45, 7) is 0.527. The normalized spacial score (nSPS) is 17.0. The SMILES string of the molecule is COC(=O)C1CCCN1C(=O)Nc1ccc(OC)c(OC)c1. The molecule has 1 atom stereocenters. The van der Waals surface area contributed by atoms with Crippen LogP contribution in [0, 0.1) is 0 Å². The van der Waals surface area contributed by atoms with Gasteiger partial charge in [0.25, 0.3) is 0 Å². The van der Waals surface area contributed by atoms with E-state index in [-0.39, 0.29) is 12.0 Å². The average molecular weight is 308 g/mol. The maximum absolute atomic E-state index is 12.3. The van der Waals surface area contributed by atoms with Crippen LogP contribution in [0.5, 0.6) is 11.5 Å². The first-order chi connectivity index (χ1) is 10.6. The second kappa shape index (κ2) is 7.02. The minimum Gasteiger partial charge on any atom is -0.493 e. The number of carbonyl (C=O) groups excluding carboxylic acids is 2. The number of ether oxygens (including phenoxy) is 3. The molecule has 120 valence electrons. The van der Waals surface area contributed by atoms with Gasteiger partial charge in [0.05, 0.1) is 21.3 Å². The molecule has 0 aromatic heterocycles. The van der Waals surface area contributed by atoms with Gasteiger partial charge in [-0.05, 0) is 25.0 Å². The lowest BCUT2D eigenvalue weighted by atomic mass is 10.2. The van der Waals surface area contributed by atoms with Crippen LogP contribution < -0.4 is 14.8 Å². The molecular formula is C15H20N2O5. The Labute approximate surface area is 129 Å². The minimum atomic E-state index is -0.523. The first-order valence-electron chi connectivity index (χ1n) is 6.98. The van der Waals surface area contributed by atoms with Gasteiger partial charge in [-0.15, -0.1) is 0 Å². The highest BCUT2D eigenvalue weighted by Gasteiger charge is 2.34. The van der Waals surface area contributed by atoms with Gasteiger partial charge in [0.15, 0.2) is 11.5 Å². The maximum Gasteiger partial charge on any atom is 0.328 e. The third-order valence-corrected chi connectivity index (χ3v) is 3.62. The summed E-state index contributed by atoms with van der Waals surface area (Å²) in [4.78, 5) is 25.5. The summed E-state index contributed by atoms with van der Waals surface area (Å²) in [5.41, 5.74) is 0.568. The van der Waals surface area contributed by atoms with E-state index in [0.29, 0.717) is 30.2 Å². The van der Waals surface area contributed by atoms with Crippen LogP contribution in [0.15, 0.2) is 18.2 Å². The molecule has 1 N–H and O–H groups in total. The monoisotopic (exact) mass is 308 g/mol. The lowest BCUT2D eigenvalue weighted by Gasteiger charge is -2.23. The summed E-state index contributed by atoms with van der Waals surface area (Å²) in [5.74, 6) is 0.709. The summed E-state index contributed by atoms with van der Waals surface area (Å²) < 4.78 is 15.1. The number of carbonyl (C=O) groups is 2. The standard InChI is InChI=1S/C15H20N2O5/c1-20-12-7-6-10(9-13(12)21-2)16-15(19)17-8-4-5-11(17)14(18)22-3/h6-7,9,11H,4-5,8H2,1-3H3,(H,16,19). The van der Waals surface area contributed by atoms with Crippen molar-refractivity contribution in [2.75, 3.05) is 33.2 Å². The highest BCUT2D eigenvalue weighted by molar-refractivity contribution is 5.93. The number of urea groups is 1. The molecule has 22 heavy (non-hydrogen) atoms. The number of amides is 2. The zero-order chi connectivity index (χ0) is 16.1. The van der Waals surface area contributed by atoms with Gasteiger partial charge < -0.3 is 24.4 Å². The van der Waals surface area contributed by atoms with Gasteiger partial charge in [0, 0.05) is 18.3 Å². The van der Waals surface area contributed by atoms with Crippen LogP contribution in [0.4, 0.5) is 10.5 Å². The molecule has 0 spiro atoms. The van der Waals surface area contributed by atoms with Gasteiger partial charge in [0.1, 0.15) is 6.04 Å². The van der Waals surface area contributed by atoms with Gasteiger partial charge in [-0.25, -0.2) is 9.59 Å². The number of hydrogen-bond acceptors (Lipinski definition) is 5. The van der Waals surface area contributed by atoms with E-state index in [2.05, 4.69) is 5.32 Å². The van der Waals surface area contributed by atoms with Crippen molar-refractivity contribution < 1.29 is 23.8 Å². The quantitative estimate of drug-likeness (QED) is 0.859. The molecule has 1 fully saturated rings. The number of benzene rings is 1. The molecule has 0 bridgehead atoms. The summed E-state index contributed by atoms with van der Waals surface area (Å²) >= 11 is 0. The van der Waals surface area contributed by atoms with E-state index >= 15 is 0 Å². The number of hydrogen-bond donors (Lipinski definition) is 1. The van der Waals surface area contributed by atoms with E-state index in [1.54, 1.807) is 25.3 Å². The fourth-order valence-corrected chi connectivity index (χ4v) is 2.50. The van der Waals surface area contributed by atoms with Gasteiger partial charge >= 0.3 is 12.0 Å². The molecule has 1 saturated heterocycles. The van der Waals surface area contributed by atoms with Crippen molar-refractivity contribution in [3.05, 3.63) is 18.2 Å². The maximum atomic E-state index is 12.3. The van der Waals surface area contributed by atoms with Crippen LogP contribution in [0.2, 0.25) is 0 Å². The topological polar surface area (TPSA) is 77.1 Å². The van der Waals surface area contributed by atoms with E-state index in [1.807, 2.05) is 0 Å². The average Bonchev–Trinajstić information content (AvgIpc) is 3.03. The summed E-state index contributed by atoms with van der Waals surface area (Å²) in [6, 6.07) is 4.23. The number of nitrogens with one attached hydrogen (secondary N) is 1. The van der Waals surface area contributed by atoms with Gasteiger partial charge in [-0.3, -0.25) is 0 Å². The highest BCUT2D eigenvalue weighted by Crippen LogP contribution is 2.30. The van der Waals surface area contributed by atoms with Crippen LogP contribution >= 0.6 is 0 Å². The molecule has 7 heteroatoms. The molecule has 0 radical (unpaired) electrons. The molecule has 2 rings (SSSR count). The lowest BCUT2D eigenvalue weighted by molar-refractivity contribution is -0.144. The lowest BCUT2D eigenvalue weighted by Crippen LogP contribution is -2.43. The zero-order valence-electron chi connectivity index (χ0n) is 12.9. The number of nitrogens with zero attached hydrogens (tertiary/aromatic N) is 1. The Morgan fingerprint density at radius 2 is 1.91 bits per heavy atom. The Hall–Kier alpha value is -2.44. The molecule has 2 amide bonds. The molecule has 1 aromatic rings. The number of methoxy groups -OCH3 is 3. The number of esters is 1. The van der Waals surface area contributed by atoms with Crippen molar-refractivity contribution in [1.82, 2.24) is 4.90 Å². The third-order valence-electron chi connectivity index (χ3n) is 3.62. The minimum absolute atomic E-state index is 0.333. The van der Waals surface area contributed by atoms with Gasteiger partial charge in [-0.2, -0.15) is 0 Å². The molecule has 1 aliphatic heterocycles. The molecule has 1 aliphatic rings. The fourth-order valence-electron chi connectivity index (χ4n) is 2.50. The third kappa shape index (κ3) is 3.24. The van der Waals surface area contributed by atoms with Crippen molar-refractivity contribution in [3.63, 3.8) is 0 Å². The van der Waals surface area contributed by atoms with Crippen molar-refractivity contribution >= 4 is 17.7 Å². The predicted molar refractivity (Wildman–Crippen MR) is 80.3 cm³/mol. The second-order valence-corrected chi connectivity index (χ2v) is 4.87. The van der Waals surface area contributed by atoms with E-state index in [9.17, 15) is 9.59 Å². The Balaban J connectivity index is 2.10. The fraction of sp³-hybridized carbons (Fsp3) is 0.467. The molecular weight excluding hydrogens is 288 g/mol. The molecule has 1 heterocycles. The number of likely N-dealkylation sites (tertiary alicyclic amines) is 1. The van der Waals surface area contributed by atoms with Crippen LogP contribution in [-0.2, 0) is 9.53 Å². The number of rotatable bonds is 4. The first-order valence-corrected chi connectivity index (χ1v) is 6.98. The Kier molecular flexibility index (Phi) is 5.08. The predicted octanol–water partition coefficient (Wildman–Crippen LogP) is 1.87. The van der Waals surface area contributed by atoms with Gasteiger partial charge in [0.2, 0.25) is 0 Å².